The number of ether oxygens (including phenoxy) is 3. The first-order valence-electron chi connectivity index (χ1n) is 12.2. The Morgan fingerprint density at radius 1 is 1.00 bits per heavy atom. The normalized spacial score (nSPS) is 14.2. The van der Waals surface area contributed by atoms with Crippen molar-refractivity contribution in [2.75, 3.05) is 32.0 Å². The molecule has 0 aliphatic carbocycles. The number of hydrogen-bond acceptors (Lipinski definition) is 9. The number of rotatable bonds is 8. The zero-order valence-electron chi connectivity index (χ0n) is 22.2. The summed E-state index contributed by atoms with van der Waals surface area (Å²) in [6, 6.07) is 17.6. The fraction of sp³-hybridized carbons (Fsp3) is 0.179. The average molecular weight is 543 g/mol. The number of carbonyl (C=O) groups excluding carboxylic acids is 1. The molecule has 204 valence electrons. The second kappa shape index (κ2) is 10.8. The predicted octanol–water partition coefficient (Wildman–Crippen LogP) is 4.81. The quantitative estimate of drug-likeness (QED) is 0.237. The molecule has 0 fully saturated rings. The molecule has 1 aliphatic rings. The molecule has 40 heavy (non-hydrogen) atoms. The molecule has 0 saturated carbocycles. The van der Waals surface area contributed by atoms with Crippen LogP contribution < -0.4 is 24.8 Å². The maximum atomic E-state index is 13.9. The third-order valence-corrected chi connectivity index (χ3v) is 6.50. The number of para-hydroxylation sites is 2. The van der Waals surface area contributed by atoms with Crippen LogP contribution in [0.2, 0.25) is 0 Å². The molecular weight excluding hydrogens is 516 g/mol. The van der Waals surface area contributed by atoms with Crippen molar-refractivity contribution in [1.29, 1.82) is 0 Å². The largest absolute Gasteiger partial charge is 0.497 e. The summed E-state index contributed by atoms with van der Waals surface area (Å²) in [6.45, 7) is 1.77. The van der Waals surface area contributed by atoms with Crippen LogP contribution in [0.5, 0.6) is 17.2 Å². The minimum atomic E-state index is -0.795. The summed E-state index contributed by atoms with van der Waals surface area (Å²) in [5.41, 5.74) is 2.34. The van der Waals surface area contributed by atoms with Gasteiger partial charge < -0.3 is 24.8 Å². The Bertz CT molecular complexity index is 1650. The third kappa shape index (κ3) is 4.77. The van der Waals surface area contributed by atoms with E-state index in [1.54, 1.807) is 67.2 Å². The molecule has 0 bridgehead atoms. The van der Waals surface area contributed by atoms with Crippen molar-refractivity contribution in [3.05, 3.63) is 93.7 Å². The van der Waals surface area contributed by atoms with Crippen LogP contribution in [0.15, 0.2) is 78.0 Å². The molecule has 0 saturated heterocycles. The zero-order chi connectivity index (χ0) is 28.4. The number of amides is 1. The van der Waals surface area contributed by atoms with Crippen molar-refractivity contribution in [3.8, 4) is 28.6 Å². The van der Waals surface area contributed by atoms with Gasteiger partial charge in [0, 0.05) is 29.0 Å². The van der Waals surface area contributed by atoms with Gasteiger partial charge in [-0.1, -0.05) is 24.3 Å². The lowest BCUT2D eigenvalue weighted by atomic mass is 9.94. The van der Waals surface area contributed by atoms with Gasteiger partial charge in [0.25, 0.3) is 11.6 Å². The predicted molar refractivity (Wildman–Crippen MR) is 148 cm³/mol. The Hall–Kier alpha value is -5.39. The van der Waals surface area contributed by atoms with E-state index in [-0.39, 0.29) is 11.5 Å². The number of nitro benzene ring substituents is 1. The molecule has 1 aromatic heterocycles. The van der Waals surface area contributed by atoms with Crippen molar-refractivity contribution in [2.45, 2.75) is 13.0 Å². The number of hydrogen-bond donors (Lipinski definition) is 2. The minimum absolute atomic E-state index is 0.0876. The first kappa shape index (κ1) is 26.2. The monoisotopic (exact) mass is 542 g/mol. The molecule has 2 N–H and O–H groups in total. The summed E-state index contributed by atoms with van der Waals surface area (Å²) >= 11 is 0. The van der Waals surface area contributed by atoms with Gasteiger partial charge in [-0.2, -0.15) is 4.98 Å². The topological polar surface area (TPSA) is 143 Å². The number of nitro groups is 1. The third-order valence-electron chi connectivity index (χ3n) is 6.50. The van der Waals surface area contributed by atoms with E-state index < -0.39 is 16.9 Å². The number of nitrogens with one attached hydrogen (secondary N) is 2. The van der Waals surface area contributed by atoms with Crippen LogP contribution in [0.4, 0.5) is 17.3 Å². The van der Waals surface area contributed by atoms with E-state index in [2.05, 4.69) is 15.6 Å². The number of allylic oxidation sites excluding steroid dienone is 1. The smallest absolute Gasteiger partial charge is 0.270 e. The number of carbonyl (C=O) groups is 1. The minimum Gasteiger partial charge on any atom is -0.497 e. The fourth-order valence-electron chi connectivity index (χ4n) is 4.60. The zero-order valence-corrected chi connectivity index (χ0v) is 22.2. The number of methoxy groups -OCH3 is 3. The van der Waals surface area contributed by atoms with E-state index in [4.69, 9.17) is 19.3 Å². The van der Waals surface area contributed by atoms with Crippen LogP contribution in [-0.4, -0.2) is 46.9 Å². The van der Waals surface area contributed by atoms with Gasteiger partial charge in [0.1, 0.15) is 23.3 Å². The van der Waals surface area contributed by atoms with Crippen molar-refractivity contribution >= 4 is 23.2 Å². The molecule has 1 unspecified atom stereocenters. The Labute approximate surface area is 229 Å². The van der Waals surface area contributed by atoms with Gasteiger partial charge in [-0.05, 0) is 37.3 Å². The molecular formula is C28H26N6O6. The van der Waals surface area contributed by atoms with E-state index in [9.17, 15) is 14.9 Å². The summed E-state index contributed by atoms with van der Waals surface area (Å²) < 4.78 is 18.1. The van der Waals surface area contributed by atoms with Crippen LogP contribution in [0.1, 0.15) is 18.5 Å². The molecule has 2 heterocycles. The lowest BCUT2D eigenvalue weighted by Gasteiger charge is -2.29. The summed E-state index contributed by atoms with van der Waals surface area (Å²) in [6.07, 6.45) is 0. The molecule has 5 rings (SSSR count). The maximum absolute atomic E-state index is 13.9. The second-order valence-corrected chi connectivity index (χ2v) is 8.84. The standard InChI is InChI=1S/C28H26N6O6/c1-16-24(27(35)30-21-10-5-6-11-23(21)40-4)25(20-15-19(38-2)12-13-22(20)39-3)33-28(29-16)31-26(32-33)17-8-7-9-18(14-17)34(36)37/h5-15,25H,1-4H3,(H,30,35)(H,29,31,32). The maximum Gasteiger partial charge on any atom is 0.270 e. The molecule has 12 heteroatoms. The van der Waals surface area contributed by atoms with Crippen LogP contribution in [0.3, 0.4) is 0 Å². The molecule has 4 aromatic rings. The number of non-ortho nitro benzene ring substituents is 1. The van der Waals surface area contributed by atoms with Gasteiger partial charge in [0.2, 0.25) is 5.95 Å². The lowest BCUT2D eigenvalue weighted by Crippen LogP contribution is -2.31. The Morgan fingerprint density at radius 2 is 1.77 bits per heavy atom. The summed E-state index contributed by atoms with van der Waals surface area (Å²) in [5, 5.41) is 22.2. The molecule has 12 nitrogen and oxygen atoms in total. The highest BCUT2D eigenvalue weighted by Crippen LogP contribution is 2.42. The number of fused-ring (bicyclic) bond motifs is 1. The van der Waals surface area contributed by atoms with Crippen LogP contribution in [0, 0.1) is 10.1 Å². The van der Waals surface area contributed by atoms with Crippen molar-refractivity contribution in [2.24, 2.45) is 0 Å². The van der Waals surface area contributed by atoms with E-state index in [0.29, 0.717) is 51.3 Å². The van der Waals surface area contributed by atoms with E-state index >= 15 is 0 Å². The Kier molecular flexibility index (Phi) is 7.06. The number of nitrogens with zero attached hydrogens (tertiary/aromatic N) is 4. The van der Waals surface area contributed by atoms with Gasteiger partial charge in [0.05, 0.1) is 37.5 Å². The van der Waals surface area contributed by atoms with Crippen molar-refractivity contribution in [1.82, 2.24) is 14.8 Å². The van der Waals surface area contributed by atoms with E-state index in [1.165, 1.54) is 26.4 Å². The van der Waals surface area contributed by atoms with Crippen molar-refractivity contribution < 1.29 is 23.9 Å². The first-order chi connectivity index (χ1) is 19.3. The highest BCUT2D eigenvalue weighted by atomic mass is 16.6. The molecule has 1 atom stereocenters. The number of benzene rings is 3. The summed E-state index contributed by atoms with van der Waals surface area (Å²) in [4.78, 5) is 29.4. The fourth-order valence-corrected chi connectivity index (χ4v) is 4.60. The number of anilines is 2. The van der Waals surface area contributed by atoms with Crippen LogP contribution >= 0.6 is 0 Å². The van der Waals surface area contributed by atoms with Gasteiger partial charge in [-0.15, -0.1) is 5.10 Å². The highest BCUT2D eigenvalue weighted by molar-refractivity contribution is 6.06. The average Bonchev–Trinajstić information content (AvgIpc) is 3.40. The lowest BCUT2D eigenvalue weighted by molar-refractivity contribution is -0.384. The molecule has 0 radical (unpaired) electrons. The van der Waals surface area contributed by atoms with Crippen LogP contribution in [-0.2, 0) is 4.79 Å². The molecule has 1 aliphatic heterocycles. The van der Waals surface area contributed by atoms with E-state index in [1.807, 2.05) is 6.07 Å². The summed E-state index contributed by atoms with van der Waals surface area (Å²) in [7, 11) is 4.61. The molecule has 0 spiro atoms. The highest BCUT2D eigenvalue weighted by Gasteiger charge is 2.36. The SMILES string of the molecule is COc1ccc(OC)c(C2C(C(=O)Nc3ccccc3OC)=C(C)Nc3nc(-c4cccc([N+](=O)[O-])c4)nn32)c1. The van der Waals surface area contributed by atoms with Gasteiger partial charge >= 0.3 is 0 Å². The molecule has 1 amide bonds. The van der Waals surface area contributed by atoms with Gasteiger partial charge in [-0.25, -0.2) is 4.68 Å². The first-order valence-corrected chi connectivity index (χ1v) is 12.2. The van der Waals surface area contributed by atoms with Crippen LogP contribution in [0.25, 0.3) is 11.4 Å². The van der Waals surface area contributed by atoms with Crippen molar-refractivity contribution in [3.63, 3.8) is 0 Å². The second-order valence-electron chi connectivity index (χ2n) is 8.84. The Balaban J connectivity index is 1.67. The Morgan fingerprint density at radius 3 is 2.50 bits per heavy atom. The van der Waals surface area contributed by atoms with Gasteiger partial charge in [-0.3, -0.25) is 14.9 Å². The summed E-state index contributed by atoms with van der Waals surface area (Å²) in [5.74, 6) is 1.75. The number of aromatic nitrogens is 3. The van der Waals surface area contributed by atoms with E-state index in [0.717, 1.165) is 0 Å². The van der Waals surface area contributed by atoms with Gasteiger partial charge in [0.15, 0.2) is 5.82 Å². The molecule has 3 aromatic carbocycles.